The van der Waals surface area contributed by atoms with E-state index >= 15 is 0 Å². The molecule has 212 valence electrons. The lowest BCUT2D eigenvalue weighted by molar-refractivity contribution is -0.384. The molecule has 1 aliphatic rings. The molecule has 0 bridgehead atoms. The Kier molecular flexibility index (Phi) is 8.50. The number of aromatic nitrogens is 3. The number of anilines is 2. The number of amides is 1. The summed E-state index contributed by atoms with van der Waals surface area (Å²) in [6, 6.07) is 16.4. The van der Waals surface area contributed by atoms with E-state index in [1.165, 1.54) is 11.6 Å². The van der Waals surface area contributed by atoms with E-state index in [4.69, 9.17) is 17.0 Å². The van der Waals surface area contributed by atoms with E-state index in [1.807, 2.05) is 36.1 Å². The summed E-state index contributed by atoms with van der Waals surface area (Å²) < 4.78 is 5.34. The highest BCUT2D eigenvalue weighted by Gasteiger charge is 2.23. The number of rotatable bonds is 8. The molecule has 0 atom stereocenters. The minimum Gasteiger partial charge on any atom is -0.378 e. The Balaban J connectivity index is 1.28. The van der Waals surface area contributed by atoms with Crippen LogP contribution in [0.2, 0.25) is 0 Å². The van der Waals surface area contributed by atoms with Crippen molar-refractivity contribution in [3.05, 3.63) is 81.4 Å². The van der Waals surface area contributed by atoms with Gasteiger partial charge in [-0.2, -0.15) is 4.80 Å². The summed E-state index contributed by atoms with van der Waals surface area (Å²) in [7, 11) is 0. The minimum absolute atomic E-state index is 0.0624. The third-order valence-electron chi connectivity index (χ3n) is 6.97. The van der Waals surface area contributed by atoms with Crippen LogP contribution >= 0.6 is 12.2 Å². The van der Waals surface area contributed by atoms with Gasteiger partial charge in [0.25, 0.3) is 11.6 Å². The Morgan fingerprint density at radius 3 is 2.46 bits per heavy atom. The zero-order valence-electron chi connectivity index (χ0n) is 22.9. The SMILES string of the molecule is CCCCc1ccc(-n2nc3cc(C)c(NC(=S)NC(=O)c4ccc(N5CCOCC5)c([N+](=O)[O-])c4)cc3n2)cc1. The topological polar surface area (TPSA) is 127 Å². The monoisotopic (exact) mass is 573 g/mol. The van der Waals surface area contributed by atoms with Crippen molar-refractivity contribution in [2.45, 2.75) is 33.1 Å². The van der Waals surface area contributed by atoms with Crippen molar-refractivity contribution in [3.63, 3.8) is 0 Å². The molecule has 12 heteroatoms. The molecule has 1 saturated heterocycles. The summed E-state index contributed by atoms with van der Waals surface area (Å²) >= 11 is 5.39. The molecule has 0 radical (unpaired) electrons. The Morgan fingerprint density at radius 2 is 1.78 bits per heavy atom. The molecule has 1 aliphatic heterocycles. The van der Waals surface area contributed by atoms with E-state index < -0.39 is 10.8 Å². The Labute approximate surface area is 242 Å². The normalized spacial score (nSPS) is 13.3. The second-order valence-electron chi connectivity index (χ2n) is 9.88. The van der Waals surface area contributed by atoms with Gasteiger partial charge >= 0.3 is 0 Å². The highest BCUT2D eigenvalue weighted by molar-refractivity contribution is 7.80. The second-order valence-corrected chi connectivity index (χ2v) is 10.3. The molecular weight excluding hydrogens is 542 g/mol. The summed E-state index contributed by atoms with van der Waals surface area (Å²) in [5, 5.41) is 26.7. The van der Waals surface area contributed by atoms with Crippen molar-refractivity contribution in [1.29, 1.82) is 0 Å². The first-order valence-electron chi connectivity index (χ1n) is 13.5. The van der Waals surface area contributed by atoms with Gasteiger partial charge in [-0.15, -0.1) is 10.2 Å². The molecule has 3 aromatic carbocycles. The van der Waals surface area contributed by atoms with Crippen molar-refractivity contribution in [2.24, 2.45) is 0 Å². The van der Waals surface area contributed by atoms with Gasteiger partial charge in [0.15, 0.2) is 5.11 Å². The molecular formula is C29H31N7O4S. The predicted octanol–water partition coefficient (Wildman–Crippen LogP) is 4.94. The molecule has 5 rings (SSSR count). The van der Waals surface area contributed by atoms with E-state index in [0.717, 1.165) is 36.0 Å². The summed E-state index contributed by atoms with van der Waals surface area (Å²) in [5.41, 5.74) is 5.52. The number of fused-ring (bicyclic) bond motifs is 1. The molecule has 1 amide bonds. The maximum atomic E-state index is 12.9. The average molecular weight is 574 g/mol. The first-order chi connectivity index (χ1) is 19.8. The van der Waals surface area contributed by atoms with Crippen LogP contribution in [-0.2, 0) is 11.2 Å². The maximum absolute atomic E-state index is 12.9. The van der Waals surface area contributed by atoms with Crippen LogP contribution in [0.1, 0.15) is 41.3 Å². The predicted molar refractivity (Wildman–Crippen MR) is 162 cm³/mol. The van der Waals surface area contributed by atoms with Crippen LogP contribution in [0.3, 0.4) is 0 Å². The largest absolute Gasteiger partial charge is 0.378 e. The lowest BCUT2D eigenvalue weighted by Gasteiger charge is -2.28. The van der Waals surface area contributed by atoms with Crippen LogP contribution in [0.15, 0.2) is 54.6 Å². The van der Waals surface area contributed by atoms with Gasteiger partial charge in [0.1, 0.15) is 16.7 Å². The number of hydrogen-bond acceptors (Lipinski definition) is 8. The van der Waals surface area contributed by atoms with Gasteiger partial charge in [-0.3, -0.25) is 20.2 Å². The number of benzene rings is 3. The van der Waals surface area contributed by atoms with E-state index in [9.17, 15) is 14.9 Å². The van der Waals surface area contributed by atoms with Crippen molar-refractivity contribution >= 4 is 51.3 Å². The summed E-state index contributed by atoms with van der Waals surface area (Å²) in [6.07, 6.45) is 3.36. The van der Waals surface area contributed by atoms with Crippen molar-refractivity contribution in [3.8, 4) is 5.69 Å². The Morgan fingerprint density at radius 1 is 1.07 bits per heavy atom. The summed E-state index contributed by atoms with van der Waals surface area (Å²) in [6.45, 7) is 6.16. The van der Waals surface area contributed by atoms with Gasteiger partial charge in [0.05, 0.1) is 23.8 Å². The Bertz CT molecular complexity index is 1600. The fraction of sp³-hybridized carbons (Fsp3) is 0.310. The van der Waals surface area contributed by atoms with Gasteiger partial charge in [-0.05, 0) is 79.5 Å². The molecule has 4 aromatic rings. The third kappa shape index (κ3) is 6.50. The summed E-state index contributed by atoms with van der Waals surface area (Å²) in [4.78, 5) is 27.7. The highest BCUT2D eigenvalue weighted by Crippen LogP contribution is 2.30. The third-order valence-corrected chi connectivity index (χ3v) is 7.18. The standard InChI is InChI=1S/C29H31N7O4S/c1-3-4-5-20-6-9-22(10-7-20)35-32-24-16-19(2)23(18-25(24)33-35)30-29(41)31-28(37)21-8-11-26(27(17-21)36(38)39)34-12-14-40-15-13-34/h6-11,16-18H,3-5,12-15H2,1-2H3,(H2,30,31,37,41). The van der Waals surface area contributed by atoms with E-state index in [0.29, 0.717) is 43.2 Å². The number of nitro benzene ring substituents is 1. The van der Waals surface area contributed by atoms with E-state index in [-0.39, 0.29) is 16.4 Å². The molecule has 11 nitrogen and oxygen atoms in total. The fourth-order valence-corrected chi connectivity index (χ4v) is 4.91. The maximum Gasteiger partial charge on any atom is 0.293 e. The molecule has 1 aromatic heterocycles. The molecule has 0 spiro atoms. The van der Waals surface area contributed by atoms with Crippen molar-refractivity contribution in [1.82, 2.24) is 20.3 Å². The van der Waals surface area contributed by atoms with Crippen molar-refractivity contribution in [2.75, 3.05) is 36.5 Å². The zero-order chi connectivity index (χ0) is 28.9. The number of aryl methyl sites for hydroxylation is 2. The number of morpholine rings is 1. The second kappa shape index (κ2) is 12.4. The highest BCUT2D eigenvalue weighted by atomic mass is 32.1. The van der Waals surface area contributed by atoms with Crippen molar-refractivity contribution < 1.29 is 14.5 Å². The number of ether oxygens (including phenoxy) is 1. The molecule has 2 N–H and O–H groups in total. The number of carbonyl (C=O) groups is 1. The lowest BCUT2D eigenvalue weighted by atomic mass is 10.1. The average Bonchev–Trinajstić information content (AvgIpc) is 3.39. The van der Waals surface area contributed by atoms with Gasteiger partial charge < -0.3 is 15.0 Å². The number of nitrogens with one attached hydrogen (secondary N) is 2. The van der Waals surface area contributed by atoms with Gasteiger partial charge in [-0.25, -0.2) is 0 Å². The fourth-order valence-electron chi connectivity index (χ4n) is 4.71. The molecule has 2 heterocycles. The van der Waals surface area contributed by atoms with Crippen LogP contribution in [0.25, 0.3) is 16.7 Å². The number of carbonyl (C=O) groups excluding carboxylic acids is 1. The molecule has 41 heavy (non-hydrogen) atoms. The first kappa shape index (κ1) is 28.1. The molecule has 0 saturated carbocycles. The summed E-state index contributed by atoms with van der Waals surface area (Å²) in [5.74, 6) is -0.550. The van der Waals surface area contributed by atoms with Crippen LogP contribution in [0, 0.1) is 17.0 Å². The Hall–Kier alpha value is -4.42. The zero-order valence-corrected chi connectivity index (χ0v) is 23.7. The quantitative estimate of drug-likeness (QED) is 0.171. The van der Waals surface area contributed by atoms with Gasteiger partial charge in [-0.1, -0.05) is 25.5 Å². The van der Waals surface area contributed by atoms with Gasteiger partial charge in [0, 0.05) is 30.4 Å². The number of thiocarbonyl (C=S) groups is 1. The molecule has 1 fully saturated rings. The smallest absolute Gasteiger partial charge is 0.293 e. The lowest BCUT2D eigenvalue weighted by Crippen LogP contribution is -2.37. The number of nitrogens with zero attached hydrogens (tertiary/aromatic N) is 5. The minimum atomic E-state index is -0.550. The van der Waals surface area contributed by atoms with Gasteiger partial charge in [0.2, 0.25) is 0 Å². The molecule has 0 unspecified atom stereocenters. The van der Waals surface area contributed by atoms with Crippen LogP contribution in [-0.4, -0.2) is 57.2 Å². The van der Waals surface area contributed by atoms with E-state index in [2.05, 4.69) is 39.9 Å². The van der Waals surface area contributed by atoms with Crippen LogP contribution < -0.4 is 15.5 Å². The van der Waals surface area contributed by atoms with Crippen LogP contribution in [0.4, 0.5) is 17.1 Å². The molecule has 0 aliphatic carbocycles. The van der Waals surface area contributed by atoms with E-state index in [1.54, 1.807) is 16.9 Å². The number of unbranched alkanes of at least 4 members (excludes halogenated alkanes) is 1. The van der Waals surface area contributed by atoms with Crippen LogP contribution in [0.5, 0.6) is 0 Å². The number of nitro groups is 1. The number of hydrogen-bond donors (Lipinski definition) is 2. The first-order valence-corrected chi connectivity index (χ1v) is 13.9.